The van der Waals surface area contributed by atoms with E-state index in [1.54, 1.807) is 10.7 Å². The number of aromatic nitrogens is 2. The van der Waals surface area contributed by atoms with Crippen molar-refractivity contribution in [3.8, 4) is 0 Å². The van der Waals surface area contributed by atoms with Gasteiger partial charge in [0.15, 0.2) is 5.15 Å². The molecule has 1 aliphatic heterocycles. The van der Waals surface area contributed by atoms with Crippen LogP contribution in [0.1, 0.15) is 0 Å². The minimum Gasteiger partial charge on any atom is -0.370 e. The van der Waals surface area contributed by atoms with Gasteiger partial charge in [-0.1, -0.05) is 23.2 Å². The van der Waals surface area contributed by atoms with Gasteiger partial charge in [0.25, 0.3) is 0 Å². The van der Waals surface area contributed by atoms with Gasteiger partial charge < -0.3 is 5.32 Å². The Morgan fingerprint density at radius 3 is 2.94 bits per heavy atom. The molecule has 4 nitrogen and oxygen atoms in total. The Morgan fingerprint density at radius 1 is 1.39 bits per heavy atom. The number of hydrogen-bond donors (Lipinski definition) is 1. The summed E-state index contributed by atoms with van der Waals surface area (Å²) in [6.45, 7) is 1.96. The van der Waals surface area contributed by atoms with Crippen LogP contribution < -0.4 is 5.32 Å². The number of halogens is 3. The van der Waals surface area contributed by atoms with Crippen molar-refractivity contribution in [2.75, 3.05) is 13.1 Å². The van der Waals surface area contributed by atoms with Crippen LogP contribution in [0, 0.1) is 5.82 Å². The molecule has 0 unspecified atom stereocenters. The summed E-state index contributed by atoms with van der Waals surface area (Å²) in [7, 11) is 0. The van der Waals surface area contributed by atoms with Crippen LogP contribution in [0.15, 0.2) is 17.1 Å². The van der Waals surface area contributed by atoms with Gasteiger partial charge in [-0.15, -0.1) is 0 Å². The predicted molar refractivity (Wildman–Crippen MR) is 70.0 cm³/mol. The van der Waals surface area contributed by atoms with Crippen LogP contribution in [0.25, 0.3) is 10.9 Å². The number of benzene rings is 1. The Kier molecular flexibility index (Phi) is 2.87. The minimum atomic E-state index is -0.483. The molecule has 3 rings (SSSR count). The van der Waals surface area contributed by atoms with Crippen LogP contribution in [0.3, 0.4) is 0 Å². The molecule has 0 saturated heterocycles. The van der Waals surface area contributed by atoms with Crippen molar-refractivity contribution in [2.24, 2.45) is 4.99 Å². The molecule has 0 spiro atoms. The maximum atomic E-state index is 13.5. The zero-order valence-electron chi connectivity index (χ0n) is 9.25. The van der Waals surface area contributed by atoms with Crippen LogP contribution in [0.4, 0.5) is 4.39 Å². The molecule has 1 aliphatic rings. The molecule has 0 atom stereocenters. The lowest BCUT2D eigenvalue weighted by molar-refractivity contribution is 0.628. The molecule has 0 bridgehead atoms. The quantitative estimate of drug-likeness (QED) is 0.922. The summed E-state index contributed by atoms with van der Waals surface area (Å²) in [6, 6.07) is 2.86. The molecule has 1 aromatic heterocycles. The average molecular weight is 287 g/mol. The molecule has 2 aromatic rings. The monoisotopic (exact) mass is 286 g/mol. The zero-order valence-corrected chi connectivity index (χ0v) is 10.8. The van der Waals surface area contributed by atoms with Gasteiger partial charge in [-0.2, -0.15) is 5.10 Å². The summed E-state index contributed by atoms with van der Waals surface area (Å²) in [4.78, 5) is 4.26. The second-order valence-electron chi connectivity index (χ2n) is 3.96. The molecular weight excluding hydrogens is 278 g/mol. The van der Waals surface area contributed by atoms with Crippen molar-refractivity contribution < 1.29 is 4.39 Å². The van der Waals surface area contributed by atoms with E-state index in [4.69, 9.17) is 23.2 Å². The molecule has 18 heavy (non-hydrogen) atoms. The van der Waals surface area contributed by atoms with Gasteiger partial charge in [-0.3, -0.25) is 9.67 Å². The van der Waals surface area contributed by atoms with E-state index in [9.17, 15) is 4.39 Å². The fourth-order valence-corrected chi connectivity index (χ4v) is 2.48. The number of nitrogens with zero attached hydrogens (tertiary/aromatic N) is 3. The molecule has 0 amide bonds. The van der Waals surface area contributed by atoms with Crippen molar-refractivity contribution in [1.82, 2.24) is 15.1 Å². The van der Waals surface area contributed by atoms with E-state index in [1.807, 2.05) is 0 Å². The third kappa shape index (κ3) is 1.83. The molecule has 1 aromatic carbocycles. The van der Waals surface area contributed by atoms with E-state index in [0.29, 0.717) is 22.6 Å². The second kappa shape index (κ2) is 4.40. The number of aliphatic imine (C=N–C) groups is 1. The highest BCUT2D eigenvalue weighted by atomic mass is 35.5. The maximum absolute atomic E-state index is 13.5. The summed E-state index contributed by atoms with van der Waals surface area (Å²) in [6.07, 6.45) is 0. The average Bonchev–Trinajstić information content (AvgIpc) is 2.94. The summed E-state index contributed by atoms with van der Waals surface area (Å²) in [5.41, 5.74) is 0.498. The predicted octanol–water partition coefficient (Wildman–Crippen LogP) is 2.48. The number of fused-ring (bicyclic) bond motifs is 1. The Labute approximate surface area is 112 Å². The minimum absolute atomic E-state index is 0.0329. The van der Waals surface area contributed by atoms with Crippen molar-refractivity contribution in [3.05, 3.63) is 28.1 Å². The maximum Gasteiger partial charge on any atom is 0.158 e. The molecule has 7 heteroatoms. The Balaban J connectivity index is 2.13. The van der Waals surface area contributed by atoms with Crippen LogP contribution in [0.5, 0.6) is 0 Å². The molecular formula is C11H9Cl2FN4. The molecule has 1 N–H and O–H groups in total. The lowest BCUT2D eigenvalue weighted by Gasteiger charge is -2.05. The highest BCUT2D eigenvalue weighted by Crippen LogP contribution is 2.30. The fourth-order valence-electron chi connectivity index (χ4n) is 1.98. The topological polar surface area (TPSA) is 42.2 Å². The van der Waals surface area contributed by atoms with E-state index in [1.165, 1.54) is 6.07 Å². The summed E-state index contributed by atoms with van der Waals surface area (Å²) < 4.78 is 15.1. The molecule has 0 aliphatic carbocycles. The highest BCUT2D eigenvalue weighted by molar-refractivity contribution is 6.38. The number of rotatable bonds is 2. The number of hydrogen-bond acceptors (Lipinski definition) is 3. The van der Waals surface area contributed by atoms with Gasteiger partial charge in [0, 0.05) is 11.9 Å². The highest BCUT2D eigenvalue weighted by Gasteiger charge is 2.17. The van der Waals surface area contributed by atoms with Crippen LogP contribution in [0.2, 0.25) is 10.2 Å². The standard InChI is InChI=1S/C11H9Cl2FN4/c12-9-7(14)2-1-6-10(9)18(17-11(6)13)5-8-15-3-4-16-8/h1-2H,3-5H2,(H,15,16). The van der Waals surface area contributed by atoms with Gasteiger partial charge in [0.2, 0.25) is 0 Å². The third-order valence-electron chi connectivity index (χ3n) is 2.80. The number of nitrogens with one attached hydrogen (secondary N) is 1. The van der Waals surface area contributed by atoms with Crippen LogP contribution in [-0.2, 0) is 6.54 Å². The fraction of sp³-hybridized carbons (Fsp3) is 0.273. The Morgan fingerprint density at radius 2 is 2.22 bits per heavy atom. The van der Waals surface area contributed by atoms with Crippen LogP contribution >= 0.6 is 23.2 Å². The van der Waals surface area contributed by atoms with E-state index in [0.717, 1.165) is 18.9 Å². The Bertz CT molecular complexity index is 650. The van der Waals surface area contributed by atoms with E-state index >= 15 is 0 Å². The first-order valence-electron chi connectivity index (χ1n) is 5.44. The first-order chi connectivity index (χ1) is 8.66. The van der Waals surface area contributed by atoms with Gasteiger partial charge >= 0.3 is 0 Å². The number of amidine groups is 1. The smallest absolute Gasteiger partial charge is 0.158 e. The summed E-state index contributed by atoms with van der Waals surface area (Å²) in [5.74, 6) is 0.319. The lowest BCUT2D eigenvalue weighted by Crippen LogP contribution is -2.24. The van der Waals surface area contributed by atoms with Gasteiger partial charge in [-0.05, 0) is 12.1 Å². The largest absolute Gasteiger partial charge is 0.370 e. The normalized spacial score (nSPS) is 14.9. The Hall–Kier alpha value is -1.33. The molecule has 0 fully saturated rings. The molecule has 94 valence electrons. The lowest BCUT2D eigenvalue weighted by atomic mass is 10.2. The zero-order chi connectivity index (χ0) is 12.7. The SMILES string of the molecule is Fc1ccc2c(Cl)nn(CC3=NCCN3)c2c1Cl. The van der Waals surface area contributed by atoms with Gasteiger partial charge in [0.05, 0.1) is 18.6 Å². The molecule has 0 saturated carbocycles. The van der Waals surface area contributed by atoms with E-state index in [-0.39, 0.29) is 5.02 Å². The summed E-state index contributed by atoms with van der Waals surface area (Å²) >= 11 is 12.0. The van der Waals surface area contributed by atoms with E-state index in [2.05, 4.69) is 15.4 Å². The van der Waals surface area contributed by atoms with Crippen molar-refractivity contribution >= 4 is 39.9 Å². The first-order valence-corrected chi connectivity index (χ1v) is 6.19. The molecule has 2 heterocycles. The van der Waals surface area contributed by atoms with Crippen molar-refractivity contribution in [2.45, 2.75) is 6.54 Å². The van der Waals surface area contributed by atoms with Gasteiger partial charge in [-0.25, -0.2) is 4.39 Å². The summed E-state index contributed by atoms with van der Waals surface area (Å²) in [5, 5.41) is 8.27. The molecule has 0 radical (unpaired) electrons. The van der Waals surface area contributed by atoms with E-state index < -0.39 is 5.82 Å². The van der Waals surface area contributed by atoms with Crippen molar-refractivity contribution in [3.63, 3.8) is 0 Å². The van der Waals surface area contributed by atoms with Gasteiger partial charge in [0.1, 0.15) is 16.7 Å². The third-order valence-corrected chi connectivity index (χ3v) is 3.44. The van der Waals surface area contributed by atoms with Crippen molar-refractivity contribution in [1.29, 1.82) is 0 Å². The second-order valence-corrected chi connectivity index (χ2v) is 4.70. The first kappa shape index (κ1) is 11.7. The van der Waals surface area contributed by atoms with Crippen LogP contribution in [-0.4, -0.2) is 28.7 Å².